The summed E-state index contributed by atoms with van der Waals surface area (Å²) in [7, 11) is 2.00. The molecule has 0 saturated heterocycles. The minimum absolute atomic E-state index is 0.122. The SMILES string of the molecule is CCOC(C)(CC)C(Cc1nc(C)cs1)NC. The van der Waals surface area contributed by atoms with Gasteiger partial charge in [-0.25, -0.2) is 4.98 Å². The zero-order chi connectivity index (χ0) is 12.9. The average molecular weight is 256 g/mol. The van der Waals surface area contributed by atoms with E-state index in [1.807, 2.05) is 20.9 Å². The molecule has 0 aliphatic rings. The molecular formula is C13H24N2OS. The van der Waals surface area contributed by atoms with E-state index in [-0.39, 0.29) is 5.60 Å². The van der Waals surface area contributed by atoms with Gasteiger partial charge in [-0.3, -0.25) is 0 Å². The summed E-state index contributed by atoms with van der Waals surface area (Å²) in [5.74, 6) is 0. The van der Waals surface area contributed by atoms with Crippen molar-refractivity contribution in [3.8, 4) is 0 Å². The lowest BCUT2D eigenvalue weighted by molar-refractivity contribution is -0.0534. The molecule has 1 heterocycles. The van der Waals surface area contributed by atoms with E-state index in [1.54, 1.807) is 11.3 Å². The average Bonchev–Trinajstić information content (AvgIpc) is 2.72. The summed E-state index contributed by atoms with van der Waals surface area (Å²) >= 11 is 1.73. The van der Waals surface area contributed by atoms with Crippen molar-refractivity contribution in [3.05, 3.63) is 16.1 Å². The molecule has 2 unspecified atom stereocenters. The number of aryl methyl sites for hydroxylation is 1. The van der Waals surface area contributed by atoms with Gasteiger partial charge in [0.05, 0.1) is 10.6 Å². The number of thiazole rings is 1. The molecule has 0 fully saturated rings. The third-order valence-corrected chi connectivity index (χ3v) is 4.30. The number of ether oxygens (including phenoxy) is 1. The second-order valence-corrected chi connectivity index (χ2v) is 5.47. The van der Waals surface area contributed by atoms with Crippen LogP contribution in [0.3, 0.4) is 0 Å². The molecule has 0 amide bonds. The minimum atomic E-state index is -0.122. The Labute approximate surface area is 109 Å². The summed E-state index contributed by atoms with van der Waals surface area (Å²) in [6.45, 7) is 9.19. The van der Waals surface area contributed by atoms with Crippen molar-refractivity contribution in [1.29, 1.82) is 0 Å². The van der Waals surface area contributed by atoms with Gasteiger partial charge in [-0.1, -0.05) is 6.92 Å². The normalized spacial score (nSPS) is 16.8. The maximum atomic E-state index is 5.93. The monoisotopic (exact) mass is 256 g/mol. The van der Waals surface area contributed by atoms with Gasteiger partial charge in [0.25, 0.3) is 0 Å². The van der Waals surface area contributed by atoms with E-state index in [2.05, 4.69) is 29.5 Å². The molecule has 1 aromatic heterocycles. The first-order chi connectivity index (χ1) is 8.05. The Morgan fingerprint density at radius 2 is 2.24 bits per heavy atom. The van der Waals surface area contributed by atoms with E-state index in [4.69, 9.17) is 4.74 Å². The Hall–Kier alpha value is -0.450. The predicted molar refractivity (Wildman–Crippen MR) is 73.7 cm³/mol. The molecule has 98 valence electrons. The standard InChI is InChI=1S/C13H24N2OS/c1-6-13(4,16-7-2)11(14-5)8-12-15-10(3)9-17-12/h9,11,14H,6-8H2,1-5H3. The molecule has 1 N–H and O–H groups in total. The molecule has 0 aliphatic carbocycles. The lowest BCUT2D eigenvalue weighted by atomic mass is 9.91. The summed E-state index contributed by atoms with van der Waals surface area (Å²) in [6.07, 6.45) is 1.93. The number of nitrogens with zero attached hydrogens (tertiary/aromatic N) is 1. The Kier molecular flexibility index (Phi) is 5.56. The molecule has 0 radical (unpaired) electrons. The topological polar surface area (TPSA) is 34.1 Å². The van der Waals surface area contributed by atoms with Gasteiger partial charge < -0.3 is 10.1 Å². The van der Waals surface area contributed by atoms with Crippen molar-refractivity contribution in [3.63, 3.8) is 0 Å². The van der Waals surface area contributed by atoms with Gasteiger partial charge in [0, 0.05) is 30.1 Å². The third kappa shape index (κ3) is 3.76. The quantitative estimate of drug-likeness (QED) is 0.814. The number of rotatable bonds is 7. The van der Waals surface area contributed by atoms with E-state index >= 15 is 0 Å². The third-order valence-electron chi connectivity index (χ3n) is 3.31. The fraction of sp³-hybridized carbons (Fsp3) is 0.769. The van der Waals surface area contributed by atoms with Crippen LogP contribution < -0.4 is 5.32 Å². The lowest BCUT2D eigenvalue weighted by Crippen LogP contribution is -2.50. The predicted octanol–water partition coefficient (Wildman–Crippen LogP) is 2.79. The summed E-state index contributed by atoms with van der Waals surface area (Å²) in [5, 5.41) is 6.66. The molecule has 0 spiro atoms. The van der Waals surface area contributed by atoms with Crippen molar-refractivity contribution in [2.75, 3.05) is 13.7 Å². The second kappa shape index (κ2) is 6.47. The number of nitrogens with one attached hydrogen (secondary N) is 1. The van der Waals surface area contributed by atoms with E-state index in [9.17, 15) is 0 Å². The summed E-state index contributed by atoms with van der Waals surface area (Å²) in [6, 6.07) is 0.304. The largest absolute Gasteiger partial charge is 0.374 e. The Bertz CT molecular complexity index is 340. The highest BCUT2D eigenvalue weighted by Crippen LogP contribution is 2.24. The van der Waals surface area contributed by atoms with Crippen LogP contribution in [0.1, 0.15) is 37.9 Å². The molecule has 0 saturated carbocycles. The Balaban J connectivity index is 2.75. The van der Waals surface area contributed by atoms with Gasteiger partial charge in [-0.2, -0.15) is 0 Å². The van der Waals surface area contributed by atoms with Crippen molar-refractivity contribution in [2.45, 2.75) is 52.2 Å². The molecule has 17 heavy (non-hydrogen) atoms. The van der Waals surface area contributed by atoms with Crippen molar-refractivity contribution < 1.29 is 4.74 Å². The van der Waals surface area contributed by atoms with Crippen LogP contribution in [-0.4, -0.2) is 30.3 Å². The fourth-order valence-corrected chi connectivity index (χ4v) is 2.89. The summed E-state index contributed by atoms with van der Waals surface area (Å²) in [5.41, 5.74) is 0.984. The first-order valence-corrected chi connectivity index (χ1v) is 7.16. The maximum Gasteiger partial charge on any atom is 0.0944 e. The zero-order valence-corrected chi connectivity index (χ0v) is 12.4. The smallest absolute Gasteiger partial charge is 0.0944 e. The Morgan fingerprint density at radius 1 is 1.53 bits per heavy atom. The highest BCUT2D eigenvalue weighted by Gasteiger charge is 2.32. The van der Waals surface area contributed by atoms with Crippen molar-refractivity contribution in [2.24, 2.45) is 0 Å². The molecular weight excluding hydrogens is 232 g/mol. The van der Waals surface area contributed by atoms with Crippen molar-refractivity contribution in [1.82, 2.24) is 10.3 Å². The first-order valence-electron chi connectivity index (χ1n) is 6.28. The van der Waals surface area contributed by atoms with Gasteiger partial charge in [0.15, 0.2) is 0 Å². The molecule has 1 aromatic rings. The molecule has 4 heteroatoms. The van der Waals surface area contributed by atoms with E-state index < -0.39 is 0 Å². The van der Waals surface area contributed by atoms with Crippen LogP contribution in [0.4, 0.5) is 0 Å². The Morgan fingerprint density at radius 3 is 2.65 bits per heavy atom. The van der Waals surface area contributed by atoms with E-state index in [0.29, 0.717) is 6.04 Å². The number of likely N-dealkylation sites (N-methyl/N-ethyl adjacent to an activating group) is 1. The van der Waals surface area contributed by atoms with Crippen molar-refractivity contribution >= 4 is 11.3 Å². The lowest BCUT2D eigenvalue weighted by Gasteiger charge is -2.36. The molecule has 3 nitrogen and oxygen atoms in total. The van der Waals surface area contributed by atoms with E-state index in [1.165, 1.54) is 5.01 Å². The van der Waals surface area contributed by atoms with Gasteiger partial charge in [0.1, 0.15) is 0 Å². The molecule has 0 bridgehead atoms. The zero-order valence-electron chi connectivity index (χ0n) is 11.5. The van der Waals surface area contributed by atoms with Crippen LogP contribution in [0.25, 0.3) is 0 Å². The maximum absolute atomic E-state index is 5.93. The van der Waals surface area contributed by atoms with Crippen LogP contribution in [0.15, 0.2) is 5.38 Å². The molecule has 1 rings (SSSR count). The number of hydrogen-bond donors (Lipinski definition) is 1. The molecule has 0 aromatic carbocycles. The van der Waals surface area contributed by atoms with Gasteiger partial charge in [-0.05, 0) is 34.2 Å². The molecule has 2 atom stereocenters. The summed E-state index contributed by atoms with van der Waals surface area (Å²) < 4.78 is 5.93. The van der Waals surface area contributed by atoms with Crippen LogP contribution in [0.2, 0.25) is 0 Å². The van der Waals surface area contributed by atoms with Crippen LogP contribution in [-0.2, 0) is 11.2 Å². The number of hydrogen-bond acceptors (Lipinski definition) is 4. The highest BCUT2D eigenvalue weighted by atomic mass is 32.1. The summed E-state index contributed by atoms with van der Waals surface area (Å²) in [4.78, 5) is 4.53. The minimum Gasteiger partial charge on any atom is -0.374 e. The van der Waals surface area contributed by atoms with Gasteiger partial charge >= 0.3 is 0 Å². The van der Waals surface area contributed by atoms with Crippen LogP contribution >= 0.6 is 11.3 Å². The highest BCUT2D eigenvalue weighted by molar-refractivity contribution is 7.09. The molecule has 0 aliphatic heterocycles. The van der Waals surface area contributed by atoms with E-state index in [0.717, 1.165) is 25.1 Å². The second-order valence-electron chi connectivity index (χ2n) is 4.53. The number of aromatic nitrogens is 1. The fourth-order valence-electron chi connectivity index (χ4n) is 2.07. The van der Waals surface area contributed by atoms with Gasteiger partial charge in [0.2, 0.25) is 0 Å². The van der Waals surface area contributed by atoms with Crippen LogP contribution in [0.5, 0.6) is 0 Å². The first kappa shape index (κ1) is 14.6. The van der Waals surface area contributed by atoms with Gasteiger partial charge in [-0.15, -0.1) is 11.3 Å². The van der Waals surface area contributed by atoms with Crippen LogP contribution in [0, 0.1) is 6.92 Å².